The molecule has 1 aromatic rings. The van der Waals surface area contributed by atoms with Gasteiger partial charge >= 0.3 is 0 Å². The molecule has 0 spiro atoms. The fraction of sp³-hybridized carbons (Fsp3) is 0.333. The quantitative estimate of drug-likeness (QED) is 0.886. The van der Waals surface area contributed by atoms with Crippen molar-refractivity contribution in [2.75, 3.05) is 13.7 Å². The molecule has 1 rings (SSSR count). The van der Waals surface area contributed by atoms with Crippen molar-refractivity contribution < 1.29 is 4.74 Å². The van der Waals surface area contributed by atoms with Gasteiger partial charge in [0.1, 0.15) is 12.4 Å². The number of para-hydroxylation sites is 1. The Bertz CT molecular complexity index is 338. The Morgan fingerprint density at radius 3 is 2.80 bits per heavy atom. The van der Waals surface area contributed by atoms with E-state index >= 15 is 0 Å². The number of hydrogen-bond donors (Lipinski definition) is 1. The molecule has 0 aliphatic heterocycles. The maximum atomic E-state index is 5.64. The van der Waals surface area contributed by atoms with E-state index in [1.807, 2.05) is 25.2 Å². The van der Waals surface area contributed by atoms with Gasteiger partial charge in [-0.15, -0.1) is 0 Å². The molecule has 2 nitrogen and oxygen atoms in total. The zero-order chi connectivity index (χ0) is 11.3. The van der Waals surface area contributed by atoms with Crippen molar-refractivity contribution in [1.29, 1.82) is 0 Å². The Morgan fingerprint density at radius 2 is 2.20 bits per heavy atom. The number of nitrogens with one attached hydrogen (secondary N) is 1. The number of halogens is 1. The highest BCUT2D eigenvalue weighted by atomic mass is 79.9. The van der Waals surface area contributed by atoms with Crippen LogP contribution >= 0.6 is 15.9 Å². The third-order valence-electron chi connectivity index (χ3n) is 2.20. The van der Waals surface area contributed by atoms with E-state index in [0.29, 0.717) is 6.61 Å². The minimum absolute atomic E-state index is 0.282. The van der Waals surface area contributed by atoms with Crippen molar-refractivity contribution in [3.8, 4) is 5.75 Å². The van der Waals surface area contributed by atoms with Gasteiger partial charge in [0, 0.05) is 16.1 Å². The lowest BCUT2D eigenvalue weighted by atomic mass is 10.1. The Balaban J connectivity index is 2.81. The maximum absolute atomic E-state index is 5.64. The summed E-state index contributed by atoms with van der Waals surface area (Å²) in [5, 5.41) is 3.20. The smallest absolute Gasteiger partial charge is 0.124 e. The van der Waals surface area contributed by atoms with Crippen LogP contribution in [0.5, 0.6) is 5.75 Å². The molecule has 0 radical (unpaired) electrons. The van der Waals surface area contributed by atoms with Gasteiger partial charge in [0.2, 0.25) is 0 Å². The van der Waals surface area contributed by atoms with Gasteiger partial charge in [-0.2, -0.15) is 0 Å². The number of benzene rings is 1. The predicted octanol–water partition coefficient (Wildman–Crippen LogP) is 3.25. The fourth-order valence-corrected chi connectivity index (χ4v) is 1.40. The molecule has 0 aromatic heterocycles. The molecule has 1 unspecified atom stereocenters. The number of rotatable bonds is 5. The molecular formula is C12H16BrNO. The lowest BCUT2D eigenvalue weighted by molar-refractivity contribution is 0.353. The van der Waals surface area contributed by atoms with Crippen molar-refractivity contribution in [2.45, 2.75) is 13.0 Å². The maximum Gasteiger partial charge on any atom is 0.124 e. The minimum atomic E-state index is 0.282. The zero-order valence-electron chi connectivity index (χ0n) is 9.09. The van der Waals surface area contributed by atoms with Crippen LogP contribution in [0, 0.1) is 0 Å². The third kappa shape index (κ3) is 3.68. The standard InChI is InChI=1S/C12H16BrNO/c1-9(13)8-15-12-7-5-4-6-11(12)10(2)14-3/h4-7,10,14H,1,8H2,2-3H3. The second-order valence-corrected chi connectivity index (χ2v) is 4.48. The lowest BCUT2D eigenvalue weighted by Gasteiger charge is -2.16. The van der Waals surface area contributed by atoms with E-state index in [4.69, 9.17) is 4.74 Å². The Labute approximate surface area is 99.5 Å². The molecule has 1 N–H and O–H groups in total. The molecule has 0 saturated carbocycles. The SMILES string of the molecule is C=C(Br)COc1ccccc1C(C)NC. The highest BCUT2D eigenvalue weighted by molar-refractivity contribution is 9.11. The summed E-state index contributed by atoms with van der Waals surface area (Å²) in [7, 11) is 1.94. The molecule has 0 bridgehead atoms. The second kappa shape index (κ2) is 5.93. The first-order chi connectivity index (χ1) is 7.15. The molecule has 82 valence electrons. The summed E-state index contributed by atoms with van der Waals surface area (Å²) in [6.45, 7) is 6.34. The highest BCUT2D eigenvalue weighted by Gasteiger charge is 2.08. The highest BCUT2D eigenvalue weighted by Crippen LogP contribution is 2.25. The summed E-state index contributed by atoms with van der Waals surface area (Å²) in [5.74, 6) is 0.903. The summed E-state index contributed by atoms with van der Waals surface area (Å²) < 4.78 is 6.48. The summed E-state index contributed by atoms with van der Waals surface area (Å²) in [4.78, 5) is 0. The molecule has 0 aliphatic carbocycles. The van der Waals surface area contributed by atoms with Gasteiger partial charge in [-0.3, -0.25) is 0 Å². The van der Waals surface area contributed by atoms with E-state index in [1.54, 1.807) is 0 Å². The average molecular weight is 270 g/mol. The fourth-order valence-electron chi connectivity index (χ4n) is 1.28. The van der Waals surface area contributed by atoms with Crippen molar-refractivity contribution in [1.82, 2.24) is 5.32 Å². The van der Waals surface area contributed by atoms with Crippen LogP contribution in [-0.2, 0) is 0 Å². The molecule has 15 heavy (non-hydrogen) atoms. The number of hydrogen-bond acceptors (Lipinski definition) is 2. The summed E-state index contributed by atoms with van der Waals surface area (Å²) in [5.41, 5.74) is 1.16. The van der Waals surface area contributed by atoms with Gasteiger partial charge in [0.05, 0.1) is 0 Å². The van der Waals surface area contributed by atoms with Crippen LogP contribution in [0.25, 0.3) is 0 Å². The minimum Gasteiger partial charge on any atom is -0.488 e. The molecule has 0 heterocycles. The molecule has 1 aromatic carbocycles. The van der Waals surface area contributed by atoms with Gasteiger partial charge < -0.3 is 10.1 Å². The Morgan fingerprint density at radius 1 is 1.53 bits per heavy atom. The molecule has 0 fully saturated rings. The molecule has 0 saturated heterocycles. The van der Waals surface area contributed by atoms with Crippen LogP contribution < -0.4 is 10.1 Å². The van der Waals surface area contributed by atoms with E-state index in [2.05, 4.69) is 40.8 Å². The Kier molecular flexibility index (Phi) is 4.85. The zero-order valence-corrected chi connectivity index (χ0v) is 10.7. The van der Waals surface area contributed by atoms with Crippen LogP contribution in [0.3, 0.4) is 0 Å². The second-order valence-electron chi connectivity index (χ2n) is 3.35. The van der Waals surface area contributed by atoms with Crippen LogP contribution in [0.2, 0.25) is 0 Å². The van der Waals surface area contributed by atoms with E-state index in [1.165, 1.54) is 0 Å². The van der Waals surface area contributed by atoms with Crippen LogP contribution in [0.1, 0.15) is 18.5 Å². The molecule has 3 heteroatoms. The van der Waals surface area contributed by atoms with Gasteiger partial charge in [0.25, 0.3) is 0 Å². The van der Waals surface area contributed by atoms with E-state index in [-0.39, 0.29) is 6.04 Å². The average Bonchev–Trinajstić information content (AvgIpc) is 2.25. The van der Waals surface area contributed by atoms with Gasteiger partial charge in [-0.05, 0) is 20.0 Å². The van der Waals surface area contributed by atoms with Crippen molar-refractivity contribution >= 4 is 15.9 Å². The summed E-state index contributed by atoms with van der Waals surface area (Å²) in [6.07, 6.45) is 0. The first kappa shape index (κ1) is 12.3. The van der Waals surface area contributed by atoms with Gasteiger partial charge in [0.15, 0.2) is 0 Å². The molecule has 1 atom stereocenters. The largest absolute Gasteiger partial charge is 0.488 e. The van der Waals surface area contributed by atoms with Crippen molar-refractivity contribution in [2.24, 2.45) is 0 Å². The van der Waals surface area contributed by atoms with Crippen LogP contribution in [-0.4, -0.2) is 13.7 Å². The van der Waals surface area contributed by atoms with Crippen LogP contribution in [0.15, 0.2) is 35.3 Å². The van der Waals surface area contributed by atoms with Crippen LogP contribution in [0.4, 0.5) is 0 Å². The van der Waals surface area contributed by atoms with Crippen molar-refractivity contribution in [3.05, 3.63) is 40.9 Å². The summed E-state index contributed by atoms with van der Waals surface area (Å²) in [6, 6.07) is 8.30. The molecular weight excluding hydrogens is 254 g/mol. The van der Waals surface area contributed by atoms with E-state index < -0.39 is 0 Å². The van der Waals surface area contributed by atoms with Crippen molar-refractivity contribution in [3.63, 3.8) is 0 Å². The topological polar surface area (TPSA) is 21.3 Å². The van der Waals surface area contributed by atoms with Gasteiger partial charge in [-0.25, -0.2) is 0 Å². The lowest BCUT2D eigenvalue weighted by Crippen LogP contribution is -2.13. The first-order valence-corrected chi connectivity index (χ1v) is 5.66. The summed E-state index contributed by atoms with van der Waals surface area (Å²) >= 11 is 3.28. The Hall–Kier alpha value is -0.800. The van der Waals surface area contributed by atoms with Gasteiger partial charge in [-0.1, -0.05) is 40.7 Å². The first-order valence-electron chi connectivity index (χ1n) is 4.87. The normalized spacial score (nSPS) is 12.2. The van der Waals surface area contributed by atoms with E-state index in [0.717, 1.165) is 15.8 Å². The molecule has 0 amide bonds. The van der Waals surface area contributed by atoms with E-state index in [9.17, 15) is 0 Å². The monoisotopic (exact) mass is 269 g/mol. The predicted molar refractivity (Wildman–Crippen MR) is 67.5 cm³/mol. The molecule has 0 aliphatic rings. The third-order valence-corrected chi connectivity index (χ3v) is 2.43. The number of ether oxygens (including phenoxy) is 1.